The third-order valence-corrected chi connectivity index (χ3v) is 8.63. The van der Waals surface area contributed by atoms with Gasteiger partial charge in [0.25, 0.3) is 0 Å². The molecular weight excluding hydrogens is 499 g/mol. The summed E-state index contributed by atoms with van der Waals surface area (Å²) in [6, 6.07) is 3.89. The first-order chi connectivity index (χ1) is 18.3. The molecule has 2 atom stereocenters. The van der Waals surface area contributed by atoms with Gasteiger partial charge in [-0.05, 0) is 83.5 Å². The van der Waals surface area contributed by atoms with Crippen LogP contribution in [0.2, 0.25) is 0 Å². The molecule has 5 rings (SSSR count). The van der Waals surface area contributed by atoms with E-state index in [-0.39, 0.29) is 24.0 Å². The SMILES string of the molecule is CC(C)(C)OC(=O)N1CCOCC1c1cc(B2OC(C)(C)C(C)(C)O2)cc2c1CN(C(=O)C1CCOC1)CC2. The molecule has 1 aromatic rings. The number of carbonyl (C=O) groups is 2. The summed E-state index contributed by atoms with van der Waals surface area (Å²) in [6.45, 7) is 17.3. The van der Waals surface area contributed by atoms with E-state index in [0.29, 0.717) is 46.1 Å². The second-order valence-electron chi connectivity index (χ2n) is 13.2. The zero-order valence-corrected chi connectivity index (χ0v) is 24.5. The number of fused-ring (bicyclic) bond motifs is 1. The van der Waals surface area contributed by atoms with E-state index in [1.54, 1.807) is 4.90 Å². The van der Waals surface area contributed by atoms with Crippen molar-refractivity contribution in [3.63, 3.8) is 0 Å². The van der Waals surface area contributed by atoms with Crippen molar-refractivity contribution in [2.24, 2.45) is 5.92 Å². The lowest BCUT2D eigenvalue weighted by Gasteiger charge is -2.40. The van der Waals surface area contributed by atoms with E-state index in [9.17, 15) is 9.59 Å². The van der Waals surface area contributed by atoms with Crippen LogP contribution in [0.15, 0.2) is 12.1 Å². The molecule has 4 aliphatic heterocycles. The highest BCUT2D eigenvalue weighted by Gasteiger charge is 2.52. The van der Waals surface area contributed by atoms with E-state index in [0.717, 1.165) is 35.0 Å². The first-order valence-electron chi connectivity index (χ1n) is 14.2. The van der Waals surface area contributed by atoms with Crippen LogP contribution in [0.1, 0.15) is 77.6 Å². The molecule has 0 N–H and O–H groups in total. The van der Waals surface area contributed by atoms with Crippen LogP contribution in [0.4, 0.5) is 4.79 Å². The maximum atomic E-state index is 13.3. The second-order valence-corrected chi connectivity index (χ2v) is 13.2. The van der Waals surface area contributed by atoms with Gasteiger partial charge in [0.2, 0.25) is 5.91 Å². The number of benzene rings is 1. The Hall–Kier alpha value is -2.14. The van der Waals surface area contributed by atoms with Gasteiger partial charge in [0.1, 0.15) is 5.60 Å². The Kier molecular flexibility index (Phi) is 7.54. The number of amides is 2. The van der Waals surface area contributed by atoms with Crippen molar-refractivity contribution in [2.45, 2.75) is 90.7 Å². The zero-order valence-electron chi connectivity index (χ0n) is 24.5. The average molecular weight is 542 g/mol. The van der Waals surface area contributed by atoms with Crippen molar-refractivity contribution >= 4 is 24.6 Å². The number of hydrogen-bond donors (Lipinski definition) is 0. The third kappa shape index (κ3) is 5.71. The van der Waals surface area contributed by atoms with Crippen LogP contribution in [0.25, 0.3) is 0 Å². The van der Waals surface area contributed by atoms with E-state index in [4.69, 9.17) is 23.5 Å². The zero-order chi connectivity index (χ0) is 28.2. The molecule has 2 unspecified atom stereocenters. The van der Waals surface area contributed by atoms with E-state index in [2.05, 4.69) is 12.1 Å². The van der Waals surface area contributed by atoms with Crippen molar-refractivity contribution in [3.8, 4) is 0 Å². The Bertz CT molecular complexity index is 1090. The summed E-state index contributed by atoms with van der Waals surface area (Å²) in [7, 11) is -0.533. The number of ether oxygens (including phenoxy) is 3. The number of rotatable bonds is 3. The van der Waals surface area contributed by atoms with Gasteiger partial charge in [-0.2, -0.15) is 0 Å². The molecule has 4 heterocycles. The van der Waals surface area contributed by atoms with Gasteiger partial charge >= 0.3 is 13.2 Å². The molecule has 0 spiro atoms. The minimum absolute atomic E-state index is 0.0877. The summed E-state index contributed by atoms with van der Waals surface area (Å²) in [6.07, 6.45) is 1.12. The second kappa shape index (κ2) is 10.4. The summed E-state index contributed by atoms with van der Waals surface area (Å²) in [5, 5.41) is 0. The summed E-state index contributed by atoms with van der Waals surface area (Å²) >= 11 is 0. The first kappa shape index (κ1) is 28.4. The van der Waals surface area contributed by atoms with Gasteiger partial charge in [-0.3, -0.25) is 9.69 Å². The van der Waals surface area contributed by atoms with E-state index in [1.807, 2.05) is 53.4 Å². The molecule has 0 aromatic heterocycles. The van der Waals surface area contributed by atoms with Crippen LogP contribution >= 0.6 is 0 Å². The summed E-state index contributed by atoms with van der Waals surface area (Å²) in [4.78, 5) is 30.4. The van der Waals surface area contributed by atoms with Crippen LogP contribution in [-0.2, 0) is 41.3 Å². The predicted octanol–water partition coefficient (Wildman–Crippen LogP) is 3.22. The van der Waals surface area contributed by atoms with Gasteiger partial charge in [-0.15, -0.1) is 0 Å². The molecule has 0 bridgehead atoms. The molecule has 2 amide bonds. The maximum Gasteiger partial charge on any atom is 0.494 e. The molecule has 214 valence electrons. The number of nitrogens with zero attached hydrogens (tertiary/aromatic N) is 2. The largest absolute Gasteiger partial charge is 0.494 e. The fourth-order valence-corrected chi connectivity index (χ4v) is 5.71. The molecule has 3 saturated heterocycles. The molecule has 4 aliphatic rings. The molecule has 9 nitrogen and oxygen atoms in total. The van der Waals surface area contributed by atoms with Gasteiger partial charge in [-0.25, -0.2) is 4.79 Å². The Morgan fingerprint density at radius 2 is 1.69 bits per heavy atom. The van der Waals surface area contributed by atoms with E-state index in [1.165, 1.54) is 0 Å². The molecule has 10 heteroatoms. The Labute approximate surface area is 232 Å². The maximum absolute atomic E-state index is 13.3. The van der Waals surface area contributed by atoms with Crippen LogP contribution in [-0.4, -0.2) is 85.2 Å². The van der Waals surface area contributed by atoms with Crippen molar-refractivity contribution in [1.82, 2.24) is 9.80 Å². The standard InChI is InChI=1S/C29H43BN2O7/c1-27(2,3)37-26(34)32-11-13-36-18-24(32)22-15-21(30-38-28(4,5)29(6,7)39-30)14-19-8-10-31(16-23(19)22)25(33)20-9-12-35-17-20/h14-15,20,24H,8-13,16-18H2,1-7H3. The molecule has 0 saturated carbocycles. The van der Waals surface area contributed by atoms with Crippen molar-refractivity contribution in [3.05, 3.63) is 28.8 Å². The highest BCUT2D eigenvalue weighted by Crippen LogP contribution is 2.38. The average Bonchev–Trinajstić information content (AvgIpc) is 3.47. The highest BCUT2D eigenvalue weighted by atomic mass is 16.7. The van der Waals surface area contributed by atoms with Crippen LogP contribution in [0.3, 0.4) is 0 Å². The topological polar surface area (TPSA) is 86.8 Å². The Morgan fingerprint density at radius 1 is 1.00 bits per heavy atom. The normalized spacial score (nSPS) is 26.5. The van der Waals surface area contributed by atoms with Crippen LogP contribution < -0.4 is 5.46 Å². The quantitative estimate of drug-likeness (QED) is 0.543. The molecule has 0 radical (unpaired) electrons. The van der Waals surface area contributed by atoms with Gasteiger partial charge in [0, 0.05) is 26.2 Å². The lowest BCUT2D eigenvalue weighted by Crippen LogP contribution is -2.47. The molecular formula is C29H43BN2O7. The lowest BCUT2D eigenvalue weighted by atomic mass is 9.74. The predicted molar refractivity (Wildman–Crippen MR) is 147 cm³/mol. The monoisotopic (exact) mass is 542 g/mol. The minimum atomic E-state index is -0.615. The van der Waals surface area contributed by atoms with Crippen LogP contribution in [0.5, 0.6) is 0 Å². The molecule has 0 aliphatic carbocycles. The highest BCUT2D eigenvalue weighted by molar-refractivity contribution is 6.62. The molecule has 1 aromatic carbocycles. The van der Waals surface area contributed by atoms with E-state index < -0.39 is 23.9 Å². The Balaban J connectivity index is 1.53. The molecule has 39 heavy (non-hydrogen) atoms. The van der Waals surface area contributed by atoms with Gasteiger partial charge in [0.15, 0.2) is 0 Å². The fraction of sp³-hybridized carbons (Fsp3) is 0.724. The van der Waals surface area contributed by atoms with Gasteiger partial charge < -0.3 is 28.4 Å². The summed E-state index contributed by atoms with van der Waals surface area (Å²) < 4.78 is 30.0. The lowest BCUT2D eigenvalue weighted by molar-refractivity contribution is -0.136. The van der Waals surface area contributed by atoms with Crippen molar-refractivity contribution in [2.75, 3.05) is 39.5 Å². The van der Waals surface area contributed by atoms with E-state index >= 15 is 0 Å². The van der Waals surface area contributed by atoms with Crippen molar-refractivity contribution < 1.29 is 33.1 Å². The number of carbonyl (C=O) groups excluding carboxylic acids is 2. The summed E-state index contributed by atoms with van der Waals surface area (Å²) in [5.74, 6) is 0.0540. The van der Waals surface area contributed by atoms with Crippen LogP contribution in [0, 0.1) is 5.92 Å². The summed E-state index contributed by atoms with van der Waals surface area (Å²) in [5.41, 5.74) is 2.53. The third-order valence-electron chi connectivity index (χ3n) is 8.63. The van der Waals surface area contributed by atoms with Gasteiger partial charge in [0.05, 0.1) is 43.0 Å². The number of morpholine rings is 1. The minimum Gasteiger partial charge on any atom is -0.444 e. The fourth-order valence-electron chi connectivity index (χ4n) is 5.71. The van der Waals surface area contributed by atoms with Gasteiger partial charge in [-0.1, -0.05) is 12.1 Å². The smallest absolute Gasteiger partial charge is 0.444 e. The number of hydrogen-bond acceptors (Lipinski definition) is 7. The van der Waals surface area contributed by atoms with Crippen molar-refractivity contribution in [1.29, 1.82) is 0 Å². The molecule has 3 fully saturated rings. The Morgan fingerprint density at radius 3 is 2.33 bits per heavy atom. The first-order valence-corrected chi connectivity index (χ1v) is 14.2.